The van der Waals surface area contributed by atoms with Crippen molar-refractivity contribution in [1.29, 1.82) is 0 Å². The Kier molecular flexibility index (Phi) is 4.38. The Morgan fingerprint density at radius 1 is 1.56 bits per heavy atom. The van der Waals surface area contributed by atoms with Gasteiger partial charge in [-0.15, -0.1) is 5.10 Å². The molecule has 0 saturated carbocycles. The first kappa shape index (κ1) is 14.1. The lowest BCUT2D eigenvalue weighted by Gasteiger charge is -2.21. The van der Waals surface area contributed by atoms with Gasteiger partial charge in [-0.1, -0.05) is 5.21 Å². The predicted octanol–water partition coefficient (Wildman–Crippen LogP) is -0.482. The van der Waals surface area contributed by atoms with E-state index in [1.54, 1.807) is 13.8 Å². The Hall–Kier alpha value is -1.96. The molecule has 0 saturated heterocycles. The van der Waals surface area contributed by atoms with E-state index in [9.17, 15) is 9.59 Å². The molecule has 1 heterocycles. The van der Waals surface area contributed by atoms with Crippen molar-refractivity contribution >= 4 is 11.9 Å². The van der Waals surface area contributed by atoms with E-state index in [2.05, 4.69) is 15.6 Å². The number of hydrogen-bond donors (Lipinski definition) is 2. The molecule has 0 spiro atoms. The third-order valence-electron chi connectivity index (χ3n) is 2.44. The summed E-state index contributed by atoms with van der Waals surface area (Å²) in [6.45, 7) is 3.96. The molecule has 1 rings (SSSR count). The first-order valence-electron chi connectivity index (χ1n) is 5.33. The number of ether oxygens (including phenoxy) is 1. The maximum atomic E-state index is 11.6. The van der Waals surface area contributed by atoms with Crippen molar-refractivity contribution in [2.24, 2.45) is 0 Å². The molecule has 18 heavy (non-hydrogen) atoms. The van der Waals surface area contributed by atoms with Crippen LogP contribution in [0, 0.1) is 0 Å². The molecule has 0 aliphatic rings. The van der Waals surface area contributed by atoms with Crippen molar-refractivity contribution in [3.63, 3.8) is 0 Å². The van der Waals surface area contributed by atoms with Crippen molar-refractivity contribution in [3.05, 3.63) is 11.9 Å². The van der Waals surface area contributed by atoms with Crippen LogP contribution in [0.15, 0.2) is 6.20 Å². The number of carboxylic acids is 1. The molecule has 0 unspecified atom stereocenters. The Labute approximate surface area is 104 Å². The zero-order valence-electron chi connectivity index (χ0n) is 10.5. The fourth-order valence-corrected chi connectivity index (χ4v) is 1.10. The fourth-order valence-electron chi connectivity index (χ4n) is 1.10. The monoisotopic (exact) mass is 256 g/mol. The lowest BCUT2D eigenvalue weighted by molar-refractivity contribution is -0.139. The number of amides is 1. The summed E-state index contributed by atoms with van der Waals surface area (Å²) in [6.07, 6.45) is 1.30. The largest absolute Gasteiger partial charge is 0.476 e. The molecule has 0 radical (unpaired) electrons. The second kappa shape index (κ2) is 5.58. The van der Waals surface area contributed by atoms with Crippen molar-refractivity contribution in [2.75, 3.05) is 13.7 Å². The molecule has 0 aliphatic carbocycles. The van der Waals surface area contributed by atoms with E-state index in [0.717, 1.165) is 0 Å². The molecule has 8 nitrogen and oxygen atoms in total. The lowest BCUT2D eigenvalue weighted by Crippen LogP contribution is -2.44. The predicted molar refractivity (Wildman–Crippen MR) is 61.1 cm³/mol. The van der Waals surface area contributed by atoms with E-state index >= 15 is 0 Å². The second-order valence-electron chi connectivity index (χ2n) is 4.14. The molecule has 0 fully saturated rings. The van der Waals surface area contributed by atoms with Crippen molar-refractivity contribution in [2.45, 2.75) is 26.0 Å². The highest BCUT2D eigenvalue weighted by Crippen LogP contribution is 2.06. The molecule has 1 aromatic rings. The van der Waals surface area contributed by atoms with Gasteiger partial charge >= 0.3 is 5.97 Å². The van der Waals surface area contributed by atoms with Gasteiger partial charge in [0.15, 0.2) is 5.69 Å². The molecular formula is C10H16N4O4. The van der Waals surface area contributed by atoms with Crippen LogP contribution < -0.4 is 5.32 Å². The van der Waals surface area contributed by atoms with Gasteiger partial charge in [0.1, 0.15) is 5.60 Å². The number of nitrogens with one attached hydrogen (secondary N) is 1. The van der Waals surface area contributed by atoms with Crippen LogP contribution in [0.25, 0.3) is 0 Å². The van der Waals surface area contributed by atoms with Gasteiger partial charge in [-0.05, 0) is 13.8 Å². The van der Waals surface area contributed by atoms with Gasteiger partial charge in [-0.25, -0.2) is 9.48 Å². The van der Waals surface area contributed by atoms with Gasteiger partial charge in [0.25, 0.3) is 5.91 Å². The first-order chi connectivity index (χ1) is 8.36. The highest BCUT2D eigenvalue weighted by molar-refractivity contribution is 5.84. The number of aromatic nitrogens is 3. The van der Waals surface area contributed by atoms with E-state index in [1.165, 1.54) is 18.0 Å². The summed E-state index contributed by atoms with van der Waals surface area (Å²) in [7, 11) is 1.45. The zero-order valence-corrected chi connectivity index (χ0v) is 10.5. The summed E-state index contributed by atoms with van der Waals surface area (Å²) in [5.74, 6) is -1.38. The van der Waals surface area contributed by atoms with Gasteiger partial charge in [-0.3, -0.25) is 4.79 Å². The first-order valence-corrected chi connectivity index (χ1v) is 5.33. The minimum atomic E-state index is -1.13. The summed E-state index contributed by atoms with van der Waals surface area (Å²) in [5.41, 5.74) is -1.02. The van der Waals surface area contributed by atoms with Crippen LogP contribution in [-0.2, 0) is 16.1 Å². The van der Waals surface area contributed by atoms with Crippen LogP contribution in [0.2, 0.25) is 0 Å². The van der Waals surface area contributed by atoms with Crippen LogP contribution in [0.1, 0.15) is 24.3 Å². The minimum Gasteiger partial charge on any atom is -0.476 e. The normalized spacial score (nSPS) is 11.3. The van der Waals surface area contributed by atoms with Gasteiger partial charge < -0.3 is 15.2 Å². The number of rotatable bonds is 6. The smallest absolute Gasteiger partial charge is 0.358 e. The molecule has 0 aliphatic heterocycles. The van der Waals surface area contributed by atoms with Gasteiger partial charge in [0.05, 0.1) is 12.7 Å². The van der Waals surface area contributed by atoms with Gasteiger partial charge in [0, 0.05) is 13.7 Å². The molecule has 0 atom stereocenters. The van der Waals surface area contributed by atoms with E-state index in [-0.39, 0.29) is 11.6 Å². The SMILES string of the molecule is COC(C)(C)C(=O)NCCn1cc(C(=O)O)nn1. The minimum absolute atomic E-state index is 0.126. The standard InChI is InChI=1S/C10H16N4O4/c1-10(2,18-3)9(17)11-4-5-14-6-7(8(15)16)12-13-14/h6H,4-5H2,1-3H3,(H,11,17)(H,15,16). The van der Waals surface area contributed by atoms with Crippen LogP contribution >= 0.6 is 0 Å². The zero-order chi connectivity index (χ0) is 13.8. The number of methoxy groups -OCH3 is 1. The molecule has 1 amide bonds. The summed E-state index contributed by atoms with van der Waals surface area (Å²) in [6, 6.07) is 0. The molecule has 0 bridgehead atoms. The summed E-state index contributed by atoms with van der Waals surface area (Å²) < 4.78 is 6.36. The average Bonchev–Trinajstić information content (AvgIpc) is 2.77. The van der Waals surface area contributed by atoms with E-state index in [4.69, 9.17) is 9.84 Å². The molecule has 0 aromatic carbocycles. The lowest BCUT2D eigenvalue weighted by atomic mass is 10.1. The van der Waals surface area contributed by atoms with Crippen LogP contribution in [0.3, 0.4) is 0 Å². The molecule has 1 aromatic heterocycles. The number of carboxylic acid groups (broad SMARTS) is 1. The van der Waals surface area contributed by atoms with Crippen LogP contribution in [0.5, 0.6) is 0 Å². The summed E-state index contributed by atoms with van der Waals surface area (Å²) in [4.78, 5) is 22.2. The topological polar surface area (TPSA) is 106 Å². The van der Waals surface area contributed by atoms with Crippen molar-refractivity contribution in [1.82, 2.24) is 20.3 Å². The van der Waals surface area contributed by atoms with E-state index in [0.29, 0.717) is 13.1 Å². The van der Waals surface area contributed by atoms with Crippen LogP contribution in [0.4, 0.5) is 0 Å². The van der Waals surface area contributed by atoms with Crippen LogP contribution in [-0.4, -0.2) is 51.2 Å². The Bertz CT molecular complexity index is 441. The Balaban J connectivity index is 2.42. The van der Waals surface area contributed by atoms with E-state index < -0.39 is 11.6 Å². The molecule has 8 heteroatoms. The van der Waals surface area contributed by atoms with Gasteiger partial charge in [-0.2, -0.15) is 0 Å². The number of carbonyl (C=O) groups is 2. The highest BCUT2D eigenvalue weighted by Gasteiger charge is 2.26. The molecule has 2 N–H and O–H groups in total. The molecular weight excluding hydrogens is 240 g/mol. The quantitative estimate of drug-likeness (QED) is 0.711. The van der Waals surface area contributed by atoms with Crippen molar-refractivity contribution < 1.29 is 19.4 Å². The second-order valence-corrected chi connectivity index (χ2v) is 4.14. The van der Waals surface area contributed by atoms with E-state index in [1.807, 2.05) is 0 Å². The maximum absolute atomic E-state index is 11.6. The maximum Gasteiger partial charge on any atom is 0.358 e. The van der Waals surface area contributed by atoms with Crippen molar-refractivity contribution in [3.8, 4) is 0 Å². The fraction of sp³-hybridized carbons (Fsp3) is 0.600. The number of carbonyl (C=O) groups excluding carboxylic acids is 1. The Morgan fingerprint density at radius 3 is 2.72 bits per heavy atom. The number of hydrogen-bond acceptors (Lipinski definition) is 5. The summed E-state index contributed by atoms with van der Waals surface area (Å²) in [5, 5.41) is 18.4. The third-order valence-corrected chi connectivity index (χ3v) is 2.44. The third kappa shape index (κ3) is 3.52. The highest BCUT2D eigenvalue weighted by atomic mass is 16.5. The summed E-state index contributed by atoms with van der Waals surface area (Å²) >= 11 is 0. The number of aromatic carboxylic acids is 1. The van der Waals surface area contributed by atoms with Gasteiger partial charge in [0.2, 0.25) is 0 Å². The Morgan fingerprint density at radius 2 is 2.22 bits per heavy atom. The average molecular weight is 256 g/mol. The molecule has 100 valence electrons. The number of nitrogens with zero attached hydrogens (tertiary/aromatic N) is 3.